The van der Waals surface area contributed by atoms with Gasteiger partial charge < -0.3 is 19.2 Å². The molecule has 3 aromatic rings. The fourth-order valence-electron chi connectivity index (χ4n) is 1.98. The van der Waals surface area contributed by atoms with E-state index in [1.54, 1.807) is 14.2 Å². The minimum Gasteiger partial charge on any atom is -0.510 e. The van der Waals surface area contributed by atoms with E-state index in [4.69, 9.17) is 14.2 Å². The Morgan fingerprint density at radius 1 is 1.00 bits per heavy atom. The number of benzene rings is 2. The standard InChI is InChI=1S/C12H12NO2S.C8H9O.Li/c1-14-12-4-2-3-10(5-12)6-15-7-11-8-16-9-13-11;1-7-4-3-5-8(6-7)9-2;/h2-5,8H,6-7H2,1H3;3-6H,1H2,2H3;/q2*-1;+1. The van der Waals surface area contributed by atoms with Crippen LogP contribution in [0.2, 0.25) is 0 Å². The van der Waals surface area contributed by atoms with E-state index in [2.05, 4.69) is 17.4 Å². The predicted octanol–water partition coefficient (Wildman–Crippen LogP) is 1.55. The number of hydrogen-bond donors (Lipinski definition) is 0. The molecule has 0 spiro atoms. The fraction of sp³-hybridized carbons (Fsp3) is 0.200. The molecule has 0 radical (unpaired) electrons. The molecule has 1 aromatic heterocycles. The number of hydrogen-bond acceptors (Lipinski definition) is 5. The van der Waals surface area contributed by atoms with Gasteiger partial charge in [-0.1, -0.05) is 17.8 Å². The zero-order valence-electron chi connectivity index (χ0n) is 15.4. The van der Waals surface area contributed by atoms with Crippen LogP contribution in [0.5, 0.6) is 11.5 Å². The second kappa shape index (κ2) is 12.5. The Balaban J connectivity index is 0.000000290. The van der Waals surface area contributed by atoms with Gasteiger partial charge in [-0.05, 0) is 29.3 Å². The maximum atomic E-state index is 5.53. The summed E-state index contributed by atoms with van der Waals surface area (Å²) in [5.74, 6) is 1.71. The van der Waals surface area contributed by atoms with Crippen molar-refractivity contribution in [1.82, 2.24) is 4.98 Å². The molecule has 0 aliphatic carbocycles. The number of rotatable bonds is 6. The van der Waals surface area contributed by atoms with Gasteiger partial charge in [0.1, 0.15) is 5.75 Å². The van der Waals surface area contributed by atoms with Crippen molar-refractivity contribution in [2.75, 3.05) is 14.2 Å². The molecule has 0 aliphatic rings. The van der Waals surface area contributed by atoms with E-state index in [-0.39, 0.29) is 18.9 Å². The first-order chi connectivity index (χ1) is 12.2. The second-order valence-electron chi connectivity index (χ2n) is 5.13. The van der Waals surface area contributed by atoms with Crippen LogP contribution < -0.4 is 28.3 Å². The zero-order chi connectivity index (χ0) is 17.9. The van der Waals surface area contributed by atoms with Crippen LogP contribution in [-0.4, -0.2) is 19.2 Å². The number of ether oxygens (including phenoxy) is 3. The van der Waals surface area contributed by atoms with Crippen LogP contribution in [0.25, 0.3) is 0 Å². The van der Waals surface area contributed by atoms with E-state index in [1.807, 2.05) is 53.9 Å². The summed E-state index contributed by atoms with van der Waals surface area (Å²) in [5, 5.41) is 1.94. The van der Waals surface area contributed by atoms with Gasteiger partial charge in [0.15, 0.2) is 0 Å². The summed E-state index contributed by atoms with van der Waals surface area (Å²) < 4.78 is 15.6. The van der Waals surface area contributed by atoms with Crippen molar-refractivity contribution in [1.29, 1.82) is 0 Å². The second-order valence-corrected chi connectivity index (χ2v) is 5.78. The van der Waals surface area contributed by atoms with Crippen LogP contribution in [-0.2, 0) is 18.0 Å². The summed E-state index contributed by atoms with van der Waals surface area (Å²) in [6.07, 6.45) is 0. The Hall–Kier alpha value is -1.90. The Kier molecular flexibility index (Phi) is 10.6. The molecule has 0 atom stereocenters. The van der Waals surface area contributed by atoms with E-state index < -0.39 is 0 Å². The van der Waals surface area contributed by atoms with Crippen molar-refractivity contribution in [2.24, 2.45) is 0 Å². The molecule has 6 heteroatoms. The van der Waals surface area contributed by atoms with E-state index in [0.29, 0.717) is 13.2 Å². The summed E-state index contributed by atoms with van der Waals surface area (Å²) in [4.78, 5) is 4.02. The van der Waals surface area contributed by atoms with Crippen LogP contribution >= 0.6 is 11.3 Å². The molecule has 0 amide bonds. The van der Waals surface area contributed by atoms with Crippen molar-refractivity contribution in [3.8, 4) is 11.5 Å². The predicted molar refractivity (Wildman–Crippen MR) is 99.9 cm³/mol. The number of aromatic nitrogens is 1. The number of thiazole rings is 1. The van der Waals surface area contributed by atoms with Gasteiger partial charge in [-0.25, -0.2) is 0 Å². The topological polar surface area (TPSA) is 40.6 Å². The molecule has 26 heavy (non-hydrogen) atoms. The van der Waals surface area contributed by atoms with Crippen LogP contribution in [0.1, 0.15) is 16.8 Å². The van der Waals surface area contributed by atoms with Gasteiger partial charge in [0.05, 0.1) is 26.6 Å². The minimum atomic E-state index is 0. The minimum absolute atomic E-state index is 0. The SMILES string of the molecule is COc1cccc(COCc2cs[c-]n2)c1.[CH2-]c1cccc(OC)c1.[Li+]. The van der Waals surface area contributed by atoms with E-state index in [1.165, 1.54) is 11.3 Å². The Bertz CT molecular complexity index is 750. The normalized spacial score (nSPS) is 9.46. The Labute approximate surface area is 171 Å². The van der Waals surface area contributed by atoms with Crippen LogP contribution in [0.15, 0.2) is 53.9 Å². The maximum absolute atomic E-state index is 5.53. The third-order valence-electron chi connectivity index (χ3n) is 3.22. The first kappa shape index (κ1) is 22.1. The van der Waals surface area contributed by atoms with Gasteiger partial charge in [-0.2, -0.15) is 18.6 Å². The van der Waals surface area contributed by atoms with Crippen LogP contribution in [0.4, 0.5) is 0 Å². The molecule has 0 saturated heterocycles. The maximum Gasteiger partial charge on any atom is 1.00 e. The van der Waals surface area contributed by atoms with E-state index in [9.17, 15) is 0 Å². The molecule has 0 aliphatic heterocycles. The van der Waals surface area contributed by atoms with Gasteiger partial charge in [-0.15, -0.1) is 17.5 Å². The fourth-order valence-corrected chi connectivity index (χ4v) is 2.46. The first-order valence-corrected chi connectivity index (χ1v) is 8.56. The van der Waals surface area contributed by atoms with Crippen molar-refractivity contribution in [2.45, 2.75) is 13.2 Å². The van der Waals surface area contributed by atoms with Crippen molar-refractivity contribution in [3.05, 3.63) is 83.2 Å². The van der Waals surface area contributed by atoms with Crippen molar-refractivity contribution < 1.29 is 33.1 Å². The van der Waals surface area contributed by atoms with E-state index >= 15 is 0 Å². The van der Waals surface area contributed by atoms with Gasteiger partial charge in [0, 0.05) is 6.61 Å². The Morgan fingerprint density at radius 3 is 2.27 bits per heavy atom. The van der Waals surface area contributed by atoms with Gasteiger partial charge in [0.2, 0.25) is 0 Å². The molecule has 0 bridgehead atoms. The van der Waals surface area contributed by atoms with Crippen LogP contribution in [0, 0.1) is 12.4 Å². The molecule has 2 aromatic carbocycles. The molecule has 0 fully saturated rings. The summed E-state index contributed by atoms with van der Waals surface area (Å²) in [7, 11) is 3.31. The molecule has 4 nitrogen and oxygen atoms in total. The summed E-state index contributed by atoms with van der Waals surface area (Å²) in [6, 6.07) is 15.5. The Morgan fingerprint density at radius 2 is 1.69 bits per heavy atom. The van der Waals surface area contributed by atoms with E-state index in [0.717, 1.165) is 28.3 Å². The van der Waals surface area contributed by atoms with Gasteiger partial charge in [-0.3, -0.25) is 11.3 Å². The third kappa shape index (κ3) is 7.98. The molecule has 1 heterocycles. The molecule has 0 N–H and O–H groups in total. The molecular formula is C20H21LiNO3S-. The first-order valence-electron chi connectivity index (χ1n) is 7.68. The molecule has 0 saturated carbocycles. The average Bonchev–Trinajstić information content (AvgIpc) is 3.16. The summed E-state index contributed by atoms with van der Waals surface area (Å²) >= 11 is 1.46. The molecule has 0 unspecified atom stereocenters. The van der Waals surface area contributed by atoms with Crippen molar-refractivity contribution >= 4 is 11.3 Å². The number of nitrogens with zero attached hydrogens (tertiary/aromatic N) is 1. The third-order valence-corrected chi connectivity index (χ3v) is 3.81. The average molecular weight is 362 g/mol. The molecule has 3 rings (SSSR count). The zero-order valence-corrected chi connectivity index (χ0v) is 16.2. The van der Waals surface area contributed by atoms with Gasteiger partial charge >= 0.3 is 18.9 Å². The quantitative estimate of drug-likeness (QED) is 0.493. The summed E-state index contributed by atoms with van der Waals surface area (Å²) in [5.41, 5.74) is 5.79. The smallest absolute Gasteiger partial charge is 0.510 e. The largest absolute Gasteiger partial charge is 1.00 e. The molecular weight excluding hydrogens is 341 g/mol. The number of methoxy groups -OCH3 is 2. The van der Waals surface area contributed by atoms with Crippen LogP contribution in [0.3, 0.4) is 0 Å². The van der Waals surface area contributed by atoms with Gasteiger partial charge in [0.25, 0.3) is 0 Å². The van der Waals surface area contributed by atoms with Crippen molar-refractivity contribution in [3.63, 3.8) is 0 Å². The molecule has 132 valence electrons. The monoisotopic (exact) mass is 362 g/mol. The summed E-state index contributed by atoms with van der Waals surface area (Å²) in [6.45, 7) is 4.84.